The van der Waals surface area contributed by atoms with Gasteiger partial charge in [0.2, 0.25) is 0 Å². The lowest BCUT2D eigenvalue weighted by atomic mass is 9.78. The first kappa shape index (κ1) is 10.4. The molecule has 3 nitrogen and oxygen atoms in total. The summed E-state index contributed by atoms with van der Waals surface area (Å²) in [5.41, 5.74) is 0.0503. The number of nitrogens with zero attached hydrogens (tertiary/aromatic N) is 1. The normalized spacial score (nSPS) is 40.3. The Morgan fingerprint density at radius 2 is 2.36 bits per heavy atom. The van der Waals surface area contributed by atoms with Gasteiger partial charge >= 0.3 is 0 Å². The SMILES string of the molecule is CN1CCCC(C2(CO)CCCN2)C1. The van der Waals surface area contributed by atoms with Gasteiger partial charge in [0, 0.05) is 12.1 Å². The first-order valence-electron chi connectivity index (χ1n) is 5.81. The van der Waals surface area contributed by atoms with Crippen molar-refractivity contribution in [1.82, 2.24) is 10.2 Å². The summed E-state index contributed by atoms with van der Waals surface area (Å²) in [5, 5.41) is 13.1. The third kappa shape index (κ3) is 1.81. The van der Waals surface area contributed by atoms with Gasteiger partial charge in [0.1, 0.15) is 0 Å². The Bertz CT molecular complexity index is 190. The van der Waals surface area contributed by atoms with E-state index >= 15 is 0 Å². The van der Waals surface area contributed by atoms with Crippen molar-refractivity contribution in [3.05, 3.63) is 0 Å². The second-order valence-corrected chi connectivity index (χ2v) is 4.95. The van der Waals surface area contributed by atoms with E-state index in [-0.39, 0.29) is 5.54 Å². The van der Waals surface area contributed by atoms with Gasteiger partial charge in [-0.2, -0.15) is 0 Å². The van der Waals surface area contributed by atoms with Crippen LogP contribution in [0.1, 0.15) is 25.7 Å². The third-order valence-electron chi connectivity index (χ3n) is 3.96. The molecule has 2 aliphatic rings. The van der Waals surface area contributed by atoms with E-state index in [0.717, 1.165) is 19.5 Å². The van der Waals surface area contributed by atoms with Crippen molar-refractivity contribution in [2.24, 2.45) is 5.92 Å². The number of piperidine rings is 1. The maximum Gasteiger partial charge on any atom is 0.0616 e. The molecule has 14 heavy (non-hydrogen) atoms. The average molecular weight is 198 g/mol. The van der Waals surface area contributed by atoms with Gasteiger partial charge in [0.15, 0.2) is 0 Å². The number of nitrogens with one attached hydrogen (secondary N) is 1. The van der Waals surface area contributed by atoms with Gasteiger partial charge in [0.25, 0.3) is 0 Å². The lowest BCUT2D eigenvalue weighted by molar-refractivity contribution is 0.0705. The first-order valence-corrected chi connectivity index (χ1v) is 5.81. The molecular weight excluding hydrogens is 176 g/mol. The minimum atomic E-state index is 0.0503. The molecule has 0 aromatic carbocycles. The molecular formula is C11H22N2O. The molecule has 82 valence electrons. The fraction of sp³-hybridized carbons (Fsp3) is 1.00. The molecule has 0 radical (unpaired) electrons. The van der Waals surface area contributed by atoms with E-state index in [1.54, 1.807) is 0 Å². The predicted octanol–water partition coefficient (Wildman–Crippen LogP) is 0.443. The Morgan fingerprint density at radius 1 is 1.50 bits per heavy atom. The average Bonchev–Trinajstić information content (AvgIpc) is 2.67. The van der Waals surface area contributed by atoms with E-state index in [4.69, 9.17) is 0 Å². The highest BCUT2D eigenvalue weighted by Gasteiger charge is 2.41. The fourth-order valence-electron chi connectivity index (χ4n) is 3.06. The molecule has 3 heteroatoms. The van der Waals surface area contributed by atoms with E-state index in [0.29, 0.717) is 12.5 Å². The summed E-state index contributed by atoms with van der Waals surface area (Å²) in [6.45, 7) is 3.76. The number of aliphatic hydroxyl groups is 1. The number of likely N-dealkylation sites (tertiary alicyclic amines) is 1. The zero-order chi connectivity index (χ0) is 10.0. The second-order valence-electron chi connectivity index (χ2n) is 4.95. The van der Waals surface area contributed by atoms with Gasteiger partial charge < -0.3 is 15.3 Å². The van der Waals surface area contributed by atoms with E-state index in [9.17, 15) is 5.11 Å². The minimum absolute atomic E-state index is 0.0503. The Kier molecular flexibility index (Phi) is 3.10. The van der Waals surface area contributed by atoms with E-state index < -0.39 is 0 Å². The molecule has 0 aliphatic carbocycles. The molecule has 2 N–H and O–H groups in total. The monoisotopic (exact) mass is 198 g/mol. The van der Waals surface area contributed by atoms with Crippen LogP contribution in [0.5, 0.6) is 0 Å². The topological polar surface area (TPSA) is 35.5 Å². The van der Waals surface area contributed by atoms with E-state index in [2.05, 4.69) is 17.3 Å². The van der Waals surface area contributed by atoms with Crippen LogP contribution in [0, 0.1) is 5.92 Å². The van der Waals surface area contributed by atoms with Crippen molar-refractivity contribution in [3.8, 4) is 0 Å². The third-order valence-corrected chi connectivity index (χ3v) is 3.96. The first-order chi connectivity index (χ1) is 6.77. The Morgan fingerprint density at radius 3 is 2.93 bits per heavy atom. The quantitative estimate of drug-likeness (QED) is 0.676. The van der Waals surface area contributed by atoms with Crippen molar-refractivity contribution in [1.29, 1.82) is 0 Å². The molecule has 2 fully saturated rings. The Hall–Kier alpha value is -0.120. The number of hydrogen-bond acceptors (Lipinski definition) is 3. The zero-order valence-electron chi connectivity index (χ0n) is 9.13. The number of aliphatic hydroxyl groups excluding tert-OH is 1. The molecule has 0 aromatic rings. The molecule has 2 aliphatic heterocycles. The van der Waals surface area contributed by atoms with Gasteiger partial charge in [-0.3, -0.25) is 0 Å². The van der Waals surface area contributed by atoms with Crippen molar-refractivity contribution < 1.29 is 5.11 Å². The Balaban J connectivity index is 2.03. The summed E-state index contributed by atoms with van der Waals surface area (Å²) >= 11 is 0. The Labute approximate surface area is 86.5 Å². The lowest BCUT2D eigenvalue weighted by Crippen LogP contribution is -2.54. The van der Waals surface area contributed by atoms with Crippen molar-refractivity contribution in [3.63, 3.8) is 0 Å². The van der Waals surface area contributed by atoms with Crippen LogP contribution in [-0.4, -0.2) is 48.8 Å². The predicted molar refractivity (Wildman–Crippen MR) is 57.3 cm³/mol. The summed E-state index contributed by atoms with van der Waals surface area (Å²) in [6.07, 6.45) is 4.94. The van der Waals surface area contributed by atoms with E-state index in [1.165, 1.54) is 25.8 Å². The highest BCUT2D eigenvalue weighted by atomic mass is 16.3. The van der Waals surface area contributed by atoms with Crippen LogP contribution in [0.3, 0.4) is 0 Å². The second kappa shape index (κ2) is 4.17. The molecule has 0 saturated carbocycles. The van der Waals surface area contributed by atoms with Gasteiger partial charge in [-0.05, 0) is 51.7 Å². The highest BCUT2D eigenvalue weighted by Crippen LogP contribution is 2.33. The van der Waals surface area contributed by atoms with Gasteiger partial charge in [-0.25, -0.2) is 0 Å². The van der Waals surface area contributed by atoms with Gasteiger partial charge in [0.05, 0.1) is 6.61 Å². The van der Waals surface area contributed by atoms with Crippen LogP contribution in [0.15, 0.2) is 0 Å². The number of hydrogen-bond donors (Lipinski definition) is 2. The minimum Gasteiger partial charge on any atom is -0.394 e. The zero-order valence-corrected chi connectivity index (χ0v) is 9.13. The smallest absolute Gasteiger partial charge is 0.0616 e. The summed E-state index contributed by atoms with van der Waals surface area (Å²) in [6, 6.07) is 0. The summed E-state index contributed by atoms with van der Waals surface area (Å²) < 4.78 is 0. The van der Waals surface area contributed by atoms with E-state index in [1.807, 2.05) is 0 Å². The lowest BCUT2D eigenvalue weighted by Gasteiger charge is -2.41. The maximum absolute atomic E-state index is 9.57. The molecule has 2 rings (SSSR count). The molecule has 2 saturated heterocycles. The van der Waals surface area contributed by atoms with Gasteiger partial charge in [-0.15, -0.1) is 0 Å². The van der Waals surface area contributed by atoms with Crippen LogP contribution in [-0.2, 0) is 0 Å². The van der Waals surface area contributed by atoms with Crippen LogP contribution < -0.4 is 5.32 Å². The highest BCUT2D eigenvalue weighted by molar-refractivity contribution is 4.99. The molecule has 2 unspecified atom stereocenters. The maximum atomic E-state index is 9.57. The fourth-order valence-corrected chi connectivity index (χ4v) is 3.06. The van der Waals surface area contributed by atoms with Crippen LogP contribution >= 0.6 is 0 Å². The summed E-state index contributed by atoms with van der Waals surface area (Å²) in [4.78, 5) is 2.39. The molecule has 0 aromatic heterocycles. The molecule has 0 bridgehead atoms. The van der Waals surface area contributed by atoms with Crippen molar-refractivity contribution in [2.75, 3.05) is 33.3 Å². The van der Waals surface area contributed by atoms with Crippen molar-refractivity contribution in [2.45, 2.75) is 31.2 Å². The summed E-state index contributed by atoms with van der Waals surface area (Å²) in [7, 11) is 2.19. The van der Waals surface area contributed by atoms with Crippen LogP contribution in [0.25, 0.3) is 0 Å². The summed E-state index contributed by atoms with van der Waals surface area (Å²) in [5.74, 6) is 0.647. The molecule has 2 heterocycles. The standard InChI is InChI=1S/C11H22N2O/c1-13-7-2-4-10(8-13)11(9-14)5-3-6-12-11/h10,12,14H,2-9H2,1H3. The van der Waals surface area contributed by atoms with Crippen LogP contribution in [0.4, 0.5) is 0 Å². The van der Waals surface area contributed by atoms with Crippen molar-refractivity contribution >= 4 is 0 Å². The van der Waals surface area contributed by atoms with Crippen LogP contribution in [0.2, 0.25) is 0 Å². The molecule has 0 spiro atoms. The molecule has 2 atom stereocenters. The van der Waals surface area contributed by atoms with Gasteiger partial charge in [-0.1, -0.05) is 0 Å². The largest absolute Gasteiger partial charge is 0.394 e. The number of rotatable bonds is 2. The molecule has 0 amide bonds.